The van der Waals surface area contributed by atoms with Gasteiger partial charge in [0, 0.05) is 43.6 Å². The van der Waals surface area contributed by atoms with Gasteiger partial charge >= 0.3 is 0 Å². The monoisotopic (exact) mass is 393 g/mol. The number of nitrogens with zero attached hydrogens (tertiary/aromatic N) is 3. The summed E-state index contributed by atoms with van der Waals surface area (Å²) < 4.78 is 0. The molecular formula is C19H31N5O2S. The van der Waals surface area contributed by atoms with Crippen LogP contribution in [0.5, 0.6) is 0 Å². The zero-order chi connectivity index (χ0) is 19.2. The number of piperazine rings is 1. The van der Waals surface area contributed by atoms with Crippen molar-refractivity contribution in [2.45, 2.75) is 58.0 Å². The van der Waals surface area contributed by atoms with Crippen molar-refractivity contribution >= 4 is 28.3 Å². The van der Waals surface area contributed by atoms with E-state index < -0.39 is 0 Å². The van der Waals surface area contributed by atoms with Crippen molar-refractivity contribution in [1.29, 1.82) is 0 Å². The summed E-state index contributed by atoms with van der Waals surface area (Å²) in [5.74, 6) is 0.0388. The molecule has 1 saturated heterocycles. The van der Waals surface area contributed by atoms with Crippen LogP contribution < -0.4 is 10.6 Å². The molecule has 0 spiro atoms. The van der Waals surface area contributed by atoms with E-state index >= 15 is 0 Å². The third-order valence-corrected chi connectivity index (χ3v) is 5.91. The van der Waals surface area contributed by atoms with Crippen LogP contribution in [0.15, 0.2) is 5.38 Å². The highest BCUT2D eigenvalue weighted by atomic mass is 32.1. The fourth-order valence-corrected chi connectivity index (χ4v) is 4.46. The van der Waals surface area contributed by atoms with E-state index in [2.05, 4.69) is 20.5 Å². The summed E-state index contributed by atoms with van der Waals surface area (Å²) in [7, 11) is 0. The van der Waals surface area contributed by atoms with Crippen molar-refractivity contribution in [2.24, 2.45) is 0 Å². The molecule has 0 unspecified atom stereocenters. The van der Waals surface area contributed by atoms with Crippen molar-refractivity contribution in [3.05, 3.63) is 11.1 Å². The molecule has 1 aromatic heterocycles. The Bertz CT molecular complexity index is 634. The number of carbonyl (C=O) groups is 2. The van der Waals surface area contributed by atoms with E-state index in [-0.39, 0.29) is 17.9 Å². The van der Waals surface area contributed by atoms with Crippen molar-refractivity contribution in [3.63, 3.8) is 0 Å². The third kappa shape index (κ3) is 5.90. The van der Waals surface area contributed by atoms with Crippen molar-refractivity contribution < 1.29 is 9.59 Å². The smallest absolute Gasteiger partial charge is 0.273 e. The van der Waals surface area contributed by atoms with Crippen LogP contribution in [0, 0.1) is 0 Å². The maximum Gasteiger partial charge on any atom is 0.273 e. The van der Waals surface area contributed by atoms with Gasteiger partial charge in [0.1, 0.15) is 5.69 Å². The minimum absolute atomic E-state index is 0.00535. The van der Waals surface area contributed by atoms with Gasteiger partial charge in [-0.1, -0.05) is 19.3 Å². The Hall–Kier alpha value is -1.67. The van der Waals surface area contributed by atoms with Crippen LogP contribution in [0.25, 0.3) is 0 Å². The van der Waals surface area contributed by atoms with Gasteiger partial charge in [0.05, 0.1) is 6.54 Å². The Kier molecular flexibility index (Phi) is 7.07. The Balaban J connectivity index is 1.45. The van der Waals surface area contributed by atoms with E-state index in [0.29, 0.717) is 44.5 Å². The molecule has 0 bridgehead atoms. The van der Waals surface area contributed by atoms with Crippen LogP contribution in [0.4, 0.5) is 5.13 Å². The van der Waals surface area contributed by atoms with Gasteiger partial charge in [-0.05, 0) is 26.7 Å². The fraction of sp³-hybridized carbons (Fsp3) is 0.737. The van der Waals surface area contributed by atoms with Gasteiger partial charge in [-0.3, -0.25) is 14.5 Å². The maximum atomic E-state index is 12.7. The Morgan fingerprint density at radius 3 is 2.56 bits per heavy atom. The van der Waals surface area contributed by atoms with Crippen LogP contribution in [0.2, 0.25) is 0 Å². The number of aromatic nitrogens is 1. The molecule has 0 atom stereocenters. The summed E-state index contributed by atoms with van der Waals surface area (Å²) >= 11 is 1.52. The number of anilines is 1. The SMILES string of the molecule is CC(C)NC(=O)CN1CCN(C(=O)c2csc(NC3CCCCC3)n2)CC1. The van der Waals surface area contributed by atoms with Crippen LogP contribution in [0.1, 0.15) is 56.4 Å². The number of hydrogen-bond acceptors (Lipinski definition) is 6. The number of hydrogen-bond donors (Lipinski definition) is 2. The molecule has 1 aliphatic heterocycles. The Morgan fingerprint density at radius 1 is 1.19 bits per heavy atom. The molecule has 1 saturated carbocycles. The number of carbonyl (C=O) groups excluding carboxylic acids is 2. The molecule has 150 valence electrons. The molecule has 0 aromatic carbocycles. The summed E-state index contributed by atoms with van der Waals surface area (Å²) in [5, 5.41) is 9.11. The zero-order valence-corrected chi connectivity index (χ0v) is 17.2. The second kappa shape index (κ2) is 9.50. The largest absolute Gasteiger partial charge is 0.359 e. The topological polar surface area (TPSA) is 77.6 Å². The van der Waals surface area contributed by atoms with Crippen LogP contribution in [-0.2, 0) is 4.79 Å². The number of nitrogens with one attached hydrogen (secondary N) is 2. The summed E-state index contributed by atoms with van der Waals surface area (Å²) in [6.07, 6.45) is 6.25. The maximum absolute atomic E-state index is 12.7. The standard InChI is InChI=1S/C19H31N5O2S/c1-14(2)20-17(25)12-23-8-10-24(11-9-23)18(26)16-13-27-19(22-16)21-15-6-4-3-5-7-15/h13-15H,3-12H2,1-2H3,(H,20,25)(H,21,22). The van der Waals surface area contributed by atoms with Gasteiger partial charge in [0.25, 0.3) is 5.91 Å². The molecule has 7 nitrogen and oxygen atoms in total. The predicted octanol–water partition coefficient (Wildman–Crippen LogP) is 2.17. The first kappa shape index (κ1) is 20.1. The highest BCUT2D eigenvalue weighted by molar-refractivity contribution is 7.13. The molecule has 2 amide bonds. The van der Waals surface area contributed by atoms with Gasteiger partial charge in [0.15, 0.2) is 5.13 Å². The summed E-state index contributed by atoms with van der Waals surface area (Å²) in [6, 6.07) is 0.648. The first-order chi connectivity index (χ1) is 13.0. The molecule has 0 radical (unpaired) electrons. The number of amides is 2. The lowest BCUT2D eigenvalue weighted by Gasteiger charge is -2.34. The van der Waals surface area contributed by atoms with Gasteiger partial charge in [0.2, 0.25) is 5.91 Å². The van der Waals surface area contributed by atoms with Gasteiger partial charge in [-0.25, -0.2) is 4.98 Å². The molecule has 1 aromatic rings. The quantitative estimate of drug-likeness (QED) is 0.775. The fourth-order valence-electron chi connectivity index (χ4n) is 3.70. The highest BCUT2D eigenvalue weighted by Crippen LogP contribution is 2.24. The second-order valence-corrected chi connectivity index (χ2v) is 8.67. The lowest BCUT2D eigenvalue weighted by atomic mass is 9.96. The molecule has 1 aliphatic carbocycles. The molecule has 2 fully saturated rings. The lowest BCUT2D eigenvalue weighted by Crippen LogP contribution is -2.51. The Labute approximate surface area is 165 Å². The minimum Gasteiger partial charge on any atom is -0.359 e. The van der Waals surface area contributed by atoms with E-state index in [1.165, 1.54) is 43.4 Å². The molecule has 2 aliphatic rings. The lowest BCUT2D eigenvalue weighted by molar-refractivity contribution is -0.123. The normalized spacial score (nSPS) is 19.3. The minimum atomic E-state index is -0.00535. The average Bonchev–Trinajstić information content (AvgIpc) is 3.10. The van der Waals surface area contributed by atoms with E-state index in [4.69, 9.17) is 0 Å². The third-order valence-electron chi connectivity index (χ3n) is 5.13. The molecule has 2 N–H and O–H groups in total. The molecular weight excluding hydrogens is 362 g/mol. The van der Waals surface area contributed by atoms with Gasteiger partial charge in [-0.15, -0.1) is 11.3 Å². The summed E-state index contributed by atoms with van der Waals surface area (Å²) in [4.78, 5) is 33.1. The summed E-state index contributed by atoms with van der Waals surface area (Å²) in [6.45, 7) is 7.02. The zero-order valence-electron chi connectivity index (χ0n) is 16.4. The summed E-state index contributed by atoms with van der Waals surface area (Å²) in [5.41, 5.74) is 0.532. The van der Waals surface area contributed by atoms with E-state index in [1.807, 2.05) is 24.1 Å². The average molecular weight is 394 g/mol. The molecule has 27 heavy (non-hydrogen) atoms. The van der Waals surface area contributed by atoms with Crippen molar-refractivity contribution in [1.82, 2.24) is 20.1 Å². The van der Waals surface area contributed by atoms with Crippen LogP contribution in [0.3, 0.4) is 0 Å². The van der Waals surface area contributed by atoms with E-state index in [1.54, 1.807) is 0 Å². The predicted molar refractivity (Wildman–Crippen MR) is 108 cm³/mol. The number of rotatable bonds is 6. The first-order valence-electron chi connectivity index (χ1n) is 10.0. The first-order valence-corrected chi connectivity index (χ1v) is 10.9. The number of thiazole rings is 1. The van der Waals surface area contributed by atoms with E-state index in [0.717, 1.165) is 5.13 Å². The molecule has 2 heterocycles. The molecule has 8 heteroatoms. The van der Waals surface area contributed by atoms with Crippen molar-refractivity contribution in [3.8, 4) is 0 Å². The van der Waals surface area contributed by atoms with Crippen molar-refractivity contribution in [2.75, 3.05) is 38.0 Å². The van der Waals surface area contributed by atoms with Crippen LogP contribution >= 0.6 is 11.3 Å². The van der Waals surface area contributed by atoms with Gasteiger partial charge < -0.3 is 15.5 Å². The highest BCUT2D eigenvalue weighted by Gasteiger charge is 2.25. The van der Waals surface area contributed by atoms with Gasteiger partial charge in [-0.2, -0.15) is 0 Å². The van der Waals surface area contributed by atoms with E-state index in [9.17, 15) is 9.59 Å². The second-order valence-electron chi connectivity index (χ2n) is 7.81. The van der Waals surface area contributed by atoms with Crippen LogP contribution in [-0.4, -0.2) is 71.4 Å². The Morgan fingerprint density at radius 2 is 1.89 bits per heavy atom. The molecule has 3 rings (SSSR count).